The highest BCUT2D eigenvalue weighted by Crippen LogP contribution is 2.30. The molecular formula is C29H36Cl2N4O3. The second-order valence-electron chi connectivity index (χ2n) is 10.0. The Morgan fingerprint density at radius 1 is 1.05 bits per heavy atom. The number of hydrogen-bond acceptors (Lipinski definition) is 5. The Balaban J connectivity index is 1.23. The molecule has 0 aliphatic carbocycles. The number of aryl methyl sites for hydroxylation is 1. The highest BCUT2D eigenvalue weighted by atomic mass is 35.5. The predicted molar refractivity (Wildman–Crippen MR) is 152 cm³/mol. The second-order valence-corrected chi connectivity index (χ2v) is 10.9. The number of amides is 2. The van der Waals surface area contributed by atoms with Crippen LogP contribution >= 0.6 is 23.2 Å². The molecule has 0 aromatic heterocycles. The Morgan fingerprint density at radius 2 is 1.79 bits per heavy atom. The van der Waals surface area contributed by atoms with E-state index in [1.807, 2.05) is 24.3 Å². The summed E-state index contributed by atoms with van der Waals surface area (Å²) < 4.78 is 0. The molecule has 2 aliphatic rings. The molecular weight excluding hydrogens is 523 g/mol. The highest BCUT2D eigenvalue weighted by molar-refractivity contribution is 6.35. The number of benzene rings is 2. The molecule has 1 fully saturated rings. The number of aldehydes is 1. The Labute approximate surface area is 235 Å². The third-order valence-electron chi connectivity index (χ3n) is 7.58. The van der Waals surface area contributed by atoms with Crippen molar-refractivity contribution in [3.8, 4) is 0 Å². The van der Waals surface area contributed by atoms with Gasteiger partial charge in [0.1, 0.15) is 12.3 Å². The fourth-order valence-electron chi connectivity index (χ4n) is 5.50. The molecule has 2 aliphatic heterocycles. The fraction of sp³-hybridized carbons (Fsp3) is 0.483. The molecule has 0 spiro atoms. The topological polar surface area (TPSA) is 73.0 Å². The van der Waals surface area contributed by atoms with Crippen LogP contribution in [0.5, 0.6) is 0 Å². The van der Waals surface area contributed by atoms with Gasteiger partial charge in [-0.2, -0.15) is 0 Å². The SMILES string of the molecule is CNC(=O)C(CCC=O)N1Cc2c(CCCCCN3CCN(c4cc(Cl)cc(Cl)c4)CC3)cccc2C1=O. The van der Waals surface area contributed by atoms with E-state index in [1.54, 1.807) is 18.0 Å². The molecule has 0 radical (unpaired) electrons. The van der Waals surface area contributed by atoms with E-state index >= 15 is 0 Å². The number of unbranched alkanes of at least 4 members (excludes halogenated alkanes) is 2. The number of fused-ring (bicyclic) bond motifs is 1. The molecule has 2 amide bonds. The van der Waals surface area contributed by atoms with Crippen LogP contribution in [0.3, 0.4) is 0 Å². The highest BCUT2D eigenvalue weighted by Gasteiger charge is 2.36. The number of likely N-dealkylation sites (N-methyl/N-ethyl adjacent to an activating group) is 1. The molecule has 2 heterocycles. The molecule has 0 saturated carbocycles. The molecule has 9 heteroatoms. The van der Waals surface area contributed by atoms with Crippen LogP contribution in [0.25, 0.3) is 0 Å². The summed E-state index contributed by atoms with van der Waals surface area (Å²) in [4.78, 5) is 42.9. The number of rotatable bonds is 12. The molecule has 1 atom stereocenters. The van der Waals surface area contributed by atoms with Crippen LogP contribution in [0, 0.1) is 0 Å². The van der Waals surface area contributed by atoms with Gasteiger partial charge in [-0.15, -0.1) is 0 Å². The number of carbonyl (C=O) groups is 3. The Bertz CT molecular complexity index is 1130. The first-order valence-corrected chi connectivity index (χ1v) is 14.2. The fourth-order valence-corrected chi connectivity index (χ4v) is 6.02. The minimum Gasteiger partial charge on any atom is -0.369 e. The maximum Gasteiger partial charge on any atom is 0.255 e. The molecule has 1 saturated heterocycles. The van der Waals surface area contributed by atoms with Gasteiger partial charge in [-0.25, -0.2) is 0 Å². The third-order valence-corrected chi connectivity index (χ3v) is 8.02. The molecule has 7 nitrogen and oxygen atoms in total. The molecule has 204 valence electrons. The maximum atomic E-state index is 13.1. The van der Waals surface area contributed by atoms with Crippen LogP contribution in [-0.2, 0) is 22.6 Å². The van der Waals surface area contributed by atoms with E-state index in [0.717, 1.165) is 75.9 Å². The van der Waals surface area contributed by atoms with Gasteiger partial charge >= 0.3 is 0 Å². The number of hydrogen-bond donors (Lipinski definition) is 1. The van der Waals surface area contributed by atoms with Gasteiger partial charge in [0, 0.05) is 67.5 Å². The summed E-state index contributed by atoms with van der Waals surface area (Å²) in [6, 6.07) is 10.9. The lowest BCUT2D eigenvalue weighted by molar-refractivity contribution is -0.125. The van der Waals surface area contributed by atoms with E-state index in [4.69, 9.17) is 23.2 Å². The summed E-state index contributed by atoms with van der Waals surface area (Å²) >= 11 is 12.3. The van der Waals surface area contributed by atoms with Gasteiger partial charge in [-0.05, 0) is 67.6 Å². The zero-order valence-electron chi connectivity index (χ0n) is 21.9. The van der Waals surface area contributed by atoms with Crippen molar-refractivity contribution in [3.63, 3.8) is 0 Å². The van der Waals surface area contributed by atoms with Crippen molar-refractivity contribution in [1.82, 2.24) is 15.1 Å². The predicted octanol–water partition coefficient (Wildman–Crippen LogP) is 4.58. The Hall–Kier alpha value is -2.61. The van der Waals surface area contributed by atoms with E-state index in [9.17, 15) is 14.4 Å². The van der Waals surface area contributed by atoms with E-state index in [2.05, 4.69) is 21.2 Å². The number of carbonyl (C=O) groups excluding carboxylic acids is 3. The summed E-state index contributed by atoms with van der Waals surface area (Å²) in [5.41, 5.74) is 3.97. The van der Waals surface area contributed by atoms with Crippen molar-refractivity contribution >= 4 is 47.0 Å². The van der Waals surface area contributed by atoms with Gasteiger partial charge in [0.25, 0.3) is 5.91 Å². The van der Waals surface area contributed by atoms with E-state index in [1.165, 1.54) is 5.56 Å². The number of anilines is 1. The smallest absolute Gasteiger partial charge is 0.255 e. The van der Waals surface area contributed by atoms with Crippen LogP contribution in [0.15, 0.2) is 36.4 Å². The van der Waals surface area contributed by atoms with Gasteiger partial charge < -0.3 is 19.9 Å². The summed E-state index contributed by atoms with van der Waals surface area (Å²) in [6.07, 6.45) is 5.58. The van der Waals surface area contributed by atoms with Crippen molar-refractivity contribution in [2.24, 2.45) is 0 Å². The van der Waals surface area contributed by atoms with Gasteiger partial charge in [-0.1, -0.05) is 41.8 Å². The van der Waals surface area contributed by atoms with Gasteiger partial charge in [0.05, 0.1) is 0 Å². The van der Waals surface area contributed by atoms with Crippen molar-refractivity contribution < 1.29 is 14.4 Å². The minimum absolute atomic E-state index is 0.125. The van der Waals surface area contributed by atoms with E-state index < -0.39 is 6.04 Å². The van der Waals surface area contributed by atoms with Crippen LogP contribution in [0.1, 0.15) is 53.6 Å². The quantitative estimate of drug-likeness (QED) is 0.305. The summed E-state index contributed by atoms with van der Waals surface area (Å²) in [7, 11) is 1.56. The lowest BCUT2D eigenvalue weighted by atomic mass is 9.98. The first-order valence-electron chi connectivity index (χ1n) is 13.4. The van der Waals surface area contributed by atoms with E-state index in [0.29, 0.717) is 28.6 Å². The normalized spacial score (nSPS) is 16.4. The standard InChI is InChI=1S/C29H36Cl2N4O3/c1-32-28(37)27(10-6-16-36)35-20-26-21(8-5-9-25(26)29(35)38)7-3-2-4-11-33-12-14-34(15-13-33)24-18-22(30)17-23(31)19-24/h5,8-9,16-19,27H,2-4,6-7,10-15,20H2,1H3,(H,32,37). The van der Waals surface area contributed by atoms with Crippen LogP contribution < -0.4 is 10.2 Å². The lowest BCUT2D eigenvalue weighted by Crippen LogP contribution is -2.46. The summed E-state index contributed by atoms with van der Waals surface area (Å²) in [5, 5.41) is 3.97. The first kappa shape index (κ1) is 28.4. The zero-order chi connectivity index (χ0) is 27.1. The zero-order valence-corrected chi connectivity index (χ0v) is 23.4. The van der Waals surface area contributed by atoms with Crippen LogP contribution in [0.2, 0.25) is 10.0 Å². The maximum absolute atomic E-state index is 13.1. The second kappa shape index (κ2) is 13.5. The minimum atomic E-state index is -0.630. The van der Waals surface area contributed by atoms with Crippen LogP contribution in [0.4, 0.5) is 5.69 Å². The molecule has 2 aromatic rings. The van der Waals surface area contributed by atoms with E-state index in [-0.39, 0.29) is 18.2 Å². The molecule has 1 unspecified atom stereocenters. The third kappa shape index (κ3) is 6.87. The molecule has 4 rings (SSSR count). The van der Waals surface area contributed by atoms with Crippen molar-refractivity contribution in [3.05, 3.63) is 63.1 Å². The average Bonchev–Trinajstić information content (AvgIpc) is 3.25. The Kier molecular flexibility index (Phi) is 10.1. The number of piperazine rings is 1. The molecule has 1 N–H and O–H groups in total. The number of nitrogens with one attached hydrogen (secondary N) is 1. The number of halogens is 2. The van der Waals surface area contributed by atoms with Crippen molar-refractivity contribution in [1.29, 1.82) is 0 Å². The van der Waals surface area contributed by atoms with Gasteiger partial charge in [0.15, 0.2) is 0 Å². The van der Waals surface area contributed by atoms with Gasteiger partial charge in [-0.3, -0.25) is 14.5 Å². The largest absolute Gasteiger partial charge is 0.369 e. The number of nitrogens with zero attached hydrogens (tertiary/aromatic N) is 3. The van der Waals surface area contributed by atoms with Crippen molar-refractivity contribution in [2.75, 3.05) is 44.7 Å². The molecule has 38 heavy (non-hydrogen) atoms. The van der Waals surface area contributed by atoms with Crippen LogP contribution in [-0.4, -0.2) is 73.7 Å². The monoisotopic (exact) mass is 558 g/mol. The average molecular weight is 560 g/mol. The van der Waals surface area contributed by atoms with Crippen molar-refractivity contribution in [2.45, 2.75) is 51.1 Å². The van der Waals surface area contributed by atoms with Gasteiger partial charge in [0.2, 0.25) is 5.91 Å². The first-order chi connectivity index (χ1) is 18.4. The molecule has 2 aromatic carbocycles. The summed E-state index contributed by atoms with van der Waals surface area (Å²) in [6.45, 7) is 5.45. The Morgan fingerprint density at radius 3 is 2.47 bits per heavy atom. The lowest BCUT2D eigenvalue weighted by Gasteiger charge is -2.36. The molecule has 0 bridgehead atoms. The summed E-state index contributed by atoms with van der Waals surface area (Å²) in [5.74, 6) is -0.354.